The van der Waals surface area contributed by atoms with E-state index in [0.29, 0.717) is 0 Å². The third-order valence-corrected chi connectivity index (χ3v) is 2.63. The number of rotatable bonds is 4. The highest BCUT2D eigenvalue weighted by Crippen LogP contribution is 2.19. The number of likely N-dealkylation sites (N-methyl/N-ethyl adjacent to an activating group) is 1. The fraction of sp³-hybridized carbons (Fsp3) is 0.700. The van der Waals surface area contributed by atoms with Crippen LogP contribution >= 0.6 is 0 Å². The molecule has 1 N–H and O–H groups in total. The van der Waals surface area contributed by atoms with Gasteiger partial charge in [0, 0.05) is 26.0 Å². The monoisotopic (exact) mass is 197 g/mol. The maximum atomic E-state index is 9.25. The Kier molecular flexibility index (Phi) is 3.16. The van der Waals surface area contributed by atoms with E-state index in [2.05, 4.69) is 16.5 Å². The van der Waals surface area contributed by atoms with Crippen LogP contribution in [0, 0.1) is 0 Å². The molecule has 4 heteroatoms. The highest BCUT2D eigenvalue weighted by atomic mass is 16.3. The van der Waals surface area contributed by atoms with E-state index >= 15 is 0 Å². The first-order valence-corrected chi connectivity index (χ1v) is 4.88. The first kappa shape index (κ1) is 11.0. The Hall–Kier alpha value is -1.03. The summed E-state index contributed by atoms with van der Waals surface area (Å²) >= 11 is 0. The summed E-state index contributed by atoms with van der Waals surface area (Å²) in [6.45, 7) is 7.05. The predicted octanol–water partition coefficient (Wildman–Crippen LogP) is 1.11. The van der Waals surface area contributed by atoms with E-state index in [-0.39, 0.29) is 12.1 Å². The van der Waals surface area contributed by atoms with Gasteiger partial charge in [-0.3, -0.25) is 0 Å². The Balaban J connectivity index is 2.94. The lowest BCUT2D eigenvalue weighted by atomic mass is 10.1. The zero-order valence-corrected chi connectivity index (χ0v) is 9.36. The largest absolute Gasteiger partial charge is 0.394 e. The first-order chi connectivity index (χ1) is 6.53. The van der Waals surface area contributed by atoms with Crippen LogP contribution in [0.2, 0.25) is 0 Å². The molecule has 80 valence electrons. The molecule has 14 heavy (non-hydrogen) atoms. The molecule has 0 bridgehead atoms. The lowest BCUT2D eigenvalue weighted by Gasteiger charge is -2.34. The van der Waals surface area contributed by atoms with Gasteiger partial charge in [-0.25, -0.2) is 4.98 Å². The van der Waals surface area contributed by atoms with Crippen molar-refractivity contribution in [1.82, 2.24) is 9.55 Å². The van der Waals surface area contributed by atoms with Gasteiger partial charge < -0.3 is 14.6 Å². The second-order valence-corrected chi connectivity index (χ2v) is 4.04. The molecule has 0 atom stereocenters. The van der Waals surface area contributed by atoms with E-state index in [1.54, 1.807) is 6.20 Å². The van der Waals surface area contributed by atoms with E-state index in [1.165, 1.54) is 0 Å². The minimum Gasteiger partial charge on any atom is -0.394 e. The molecule has 1 rings (SSSR count). The molecule has 1 aromatic heterocycles. The van der Waals surface area contributed by atoms with Crippen molar-refractivity contribution in [3.05, 3.63) is 12.4 Å². The van der Waals surface area contributed by atoms with Gasteiger partial charge in [0.25, 0.3) is 0 Å². The van der Waals surface area contributed by atoms with Gasteiger partial charge >= 0.3 is 0 Å². The standard InChI is InChI=1S/C10H19N3O/c1-5-13-7-6-11-9(13)12(4)10(2,3)8-14/h6-7,14H,5,8H2,1-4H3. The second-order valence-electron chi connectivity index (χ2n) is 4.04. The highest BCUT2D eigenvalue weighted by Gasteiger charge is 2.25. The van der Waals surface area contributed by atoms with Crippen molar-refractivity contribution < 1.29 is 5.11 Å². The predicted molar refractivity (Wildman–Crippen MR) is 57.5 cm³/mol. The number of aliphatic hydroxyl groups excluding tert-OH is 1. The number of nitrogens with zero attached hydrogens (tertiary/aromatic N) is 3. The maximum Gasteiger partial charge on any atom is 0.205 e. The van der Waals surface area contributed by atoms with Crippen molar-refractivity contribution in [3.8, 4) is 0 Å². The fourth-order valence-electron chi connectivity index (χ4n) is 1.22. The lowest BCUT2D eigenvalue weighted by Crippen LogP contribution is -2.45. The number of anilines is 1. The van der Waals surface area contributed by atoms with E-state index in [0.717, 1.165) is 12.5 Å². The minimum atomic E-state index is -0.279. The molecular weight excluding hydrogens is 178 g/mol. The van der Waals surface area contributed by atoms with Gasteiger partial charge in [0.1, 0.15) is 0 Å². The van der Waals surface area contributed by atoms with Crippen molar-refractivity contribution in [2.75, 3.05) is 18.6 Å². The summed E-state index contributed by atoms with van der Waals surface area (Å²) in [4.78, 5) is 6.28. The maximum absolute atomic E-state index is 9.25. The van der Waals surface area contributed by atoms with Gasteiger partial charge in [-0.1, -0.05) is 0 Å². The van der Waals surface area contributed by atoms with Crippen LogP contribution in [0.25, 0.3) is 0 Å². The Morgan fingerprint density at radius 2 is 2.21 bits per heavy atom. The van der Waals surface area contributed by atoms with Gasteiger partial charge in [0.2, 0.25) is 5.95 Å². The molecule has 0 saturated carbocycles. The molecule has 1 heterocycles. The molecule has 0 radical (unpaired) electrons. The number of aryl methyl sites for hydroxylation is 1. The zero-order valence-electron chi connectivity index (χ0n) is 9.36. The normalized spacial score (nSPS) is 11.8. The summed E-state index contributed by atoms with van der Waals surface area (Å²) in [7, 11) is 1.95. The molecule has 0 unspecified atom stereocenters. The minimum absolute atomic E-state index is 0.111. The molecule has 0 fully saturated rings. The SMILES string of the molecule is CCn1ccnc1N(C)C(C)(C)CO. The molecule has 0 spiro atoms. The van der Waals surface area contributed by atoms with Crippen molar-refractivity contribution in [3.63, 3.8) is 0 Å². The van der Waals surface area contributed by atoms with E-state index in [4.69, 9.17) is 0 Å². The van der Waals surface area contributed by atoms with Gasteiger partial charge in [-0.2, -0.15) is 0 Å². The molecule has 4 nitrogen and oxygen atoms in total. The number of aliphatic hydroxyl groups is 1. The molecule has 1 aromatic rings. The number of imidazole rings is 1. The van der Waals surface area contributed by atoms with Crippen LogP contribution in [0.4, 0.5) is 5.95 Å². The van der Waals surface area contributed by atoms with Crippen molar-refractivity contribution >= 4 is 5.95 Å². The van der Waals surface area contributed by atoms with Gasteiger partial charge in [0.15, 0.2) is 0 Å². The molecule has 0 aromatic carbocycles. The van der Waals surface area contributed by atoms with Gasteiger partial charge in [-0.15, -0.1) is 0 Å². The van der Waals surface area contributed by atoms with Crippen LogP contribution in [0.1, 0.15) is 20.8 Å². The summed E-state index contributed by atoms with van der Waals surface area (Å²) in [6.07, 6.45) is 3.72. The molecule has 0 saturated heterocycles. The van der Waals surface area contributed by atoms with Gasteiger partial charge in [0.05, 0.1) is 12.1 Å². The summed E-state index contributed by atoms with van der Waals surface area (Å²) in [5, 5.41) is 9.25. The molecule has 0 aliphatic carbocycles. The number of hydrogen-bond donors (Lipinski definition) is 1. The van der Waals surface area contributed by atoms with Crippen LogP contribution < -0.4 is 4.90 Å². The average Bonchev–Trinajstić information content (AvgIpc) is 2.64. The average molecular weight is 197 g/mol. The summed E-state index contributed by atoms with van der Waals surface area (Å²) in [5.74, 6) is 0.895. The first-order valence-electron chi connectivity index (χ1n) is 4.88. The highest BCUT2D eigenvalue weighted by molar-refractivity contribution is 5.34. The van der Waals surface area contributed by atoms with Crippen molar-refractivity contribution in [1.29, 1.82) is 0 Å². The van der Waals surface area contributed by atoms with Crippen LogP contribution in [0.15, 0.2) is 12.4 Å². The summed E-state index contributed by atoms with van der Waals surface area (Å²) in [6, 6.07) is 0. The van der Waals surface area contributed by atoms with Crippen molar-refractivity contribution in [2.24, 2.45) is 0 Å². The van der Waals surface area contributed by atoms with Crippen LogP contribution in [0.3, 0.4) is 0 Å². The van der Waals surface area contributed by atoms with Crippen LogP contribution in [0.5, 0.6) is 0 Å². The smallest absolute Gasteiger partial charge is 0.205 e. The van der Waals surface area contributed by atoms with Crippen LogP contribution in [-0.4, -0.2) is 33.9 Å². The zero-order chi connectivity index (χ0) is 10.8. The fourth-order valence-corrected chi connectivity index (χ4v) is 1.22. The van der Waals surface area contributed by atoms with E-state index in [9.17, 15) is 5.11 Å². The Morgan fingerprint density at radius 1 is 1.57 bits per heavy atom. The number of hydrogen-bond acceptors (Lipinski definition) is 3. The Morgan fingerprint density at radius 3 is 2.71 bits per heavy atom. The molecule has 0 aliphatic heterocycles. The Bertz CT molecular complexity index is 293. The lowest BCUT2D eigenvalue weighted by molar-refractivity contribution is 0.214. The number of aromatic nitrogens is 2. The topological polar surface area (TPSA) is 41.3 Å². The molecular formula is C10H19N3O. The summed E-state index contributed by atoms with van der Waals surface area (Å²) < 4.78 is 2.05. The quantitative estimate of drug-likeness (QED) is 0.786. The van der Waals surface area contributed by atoms with E-state index in [1.807, 2.05) is 32.0 Å². The second kappa shape index (κ2) is 4.00. The van der Waals surface area contributed by atoms with Crippen LogP contribution in [-0.2, 0) is 6.54 Å². The molecule has 0 aliphatic rings. The Labute approximate surface area is 85.2 Å². The van der Waals surface area contributed by atoms with E-state index < -0.39 is 0 Å². The van der Waals surface area contributed by atoms with Gasteiger partial charge in [-0.05, 0) is 20.8 Å². The van der Waals surface area contributed by atoms with Crippen molar-refractivity contribution in [2.45, 2.75) is 32.9 Å². The third-order valence-electron chi connectivity index (χ3n) is 2.63. The summed E-state index contributed by atoms with van der Waals surface area (Å²) in [5.41, 5.74) is -0.279. The third kappa shape index (κ3) is 1.90. The molecule has 0 amide bonds.